The van der Waals surface area contributed by atoms with Crippen LogP contribution >= 0.6 is 0 Å². The number of aromatic amines is 2. The van der Waals surface area contributed by atoms with Crippen LogP contribution in [0.4, 0.5) is 0 Å². The van der Waals surface area contributed by atoms with Crippen molar-refractivity contribution in [3.8, 4) is 0 Å². The van der Waals surface area contributed by atoms with Gasteiger partial charge >= 0.3 is 5.69 Å². The van der Waals surface area contributed by atoms with Crippen LogP contribution in [0, 0.1) is 5.41 Å². The van der Waals surface area contributed by atoms with E-state index in [4.69, 9.17) is 0 Å². The quantitative estimate of drug-likeness (QED) is 0.780. The van der Waals surface area contributed by atoms with Crippen LogP contribution in [0.2, 0.25) is 0 Å². The minimum absolute atomic E-state index is 0.0531. The molecule has 0 saturated carbocycles. The highest BCUT2D eigenvalue weighted by atomic mass is 16.2. The van der Waals surface area contributed by atoms with Crippen molar-refractivity contribution < 1.29 is 9.59 Å². The van der Waals surface area contributed by atoms with Crippen molar-refractivity contribution in [2.75, 3.05) is 19.6 Å². The second-order valence-electron chi connectivity index (χ2n) is 7.45. The molecule has 0 aromatic carbocycles. The second-order valence-corrected chi connectivity index (χ2v) is 7.45. The van der Waals surface area contributed by atoms with Crippen LogP contribution in [-0.2, 0) is 11.3 Å². The zero-order valence-electron chi connectivity index (χ0n) is 15.3. The normalized spacial score (nSPS) is 22.1. The SMILES string of the molecule is O=C(c1cc(=O)[nH]c(=O)[nH]1)N1CC[C@]2(CCCN(Cc3cccnc3)C2=O)C1. The smallest absolute Gasteiger partial charge is 0.326 e. The molecule has 0 bridgehead atoms. The van der Waals surface area contributed by atoms with E-state index in [1.165, 1.54) is 0 Å². The van der Waals surface area contributed by atoms with Gasteiger partial charge < -0.3 is 14.8 Å². The Hall–Kier alpha value is -3.23. The number of pyridine rings is 1. The summed E-state index contributed by atoms with van der Waals surface area (Å²) < 4.78 is 0. The fraction of sp³-hybridized carbons (Fsp3) is 0.421. The maximum atomic E-state index is 13.2. The molecule has 4 heterocycles. The Balaban J connectivity index is 1.51. The average Bonchev–Trinajstić information content (AvgIpc) is 3.10. The number of nitrogens with zero attached hydrogens (tertiary/aromatic N) is 3. The summed E-state index contributed by atoms with van der Waals surface area (Å²) in [6.45, 7) is 1.90. The third-order valence-corrected chi connectivity index (χ3v) is 5.55. The molecule has 2 aromatic heterocycles. The van der Waals surface area contributed by atoms with Gasteiger partial charge in [-0.05, 0) is 30.9 Å². The molecule has 2 aliphatic heterocycles. The molecule has 0 unspecified atom stereocenters. The molecule has 0 aliphatic carbocycles. The van der Waals surface area contributed by atoms with E-state index in [0.29, 0.717) is 32.6 Å². The van der Waals surface area contributed by atoms with Crippen LogP contribution in [0.5, 0.6) is 0 Å². The van der Waals surface area contributed by atoms with Crippen molar-refractivity contribution in [2.24, 2.45) is 5.41 Å². The Morgan fingerprint density at radius 2 is 2.04 bits per heavy atom. The lowest BCUT2D eigenvalue weighted by molar-refractivity contribution is -0.146. The first-order valence-corrected chi connectivity index (χ1v) is 9.28. The van der Waals surface area contributed by atoms with E-state index >= 15 is 0 Å². The van der Waals surface area contributed by atoms with Crippen LogP contribution < -0.4 is 11.2 Å². The van der Waals surface area contributed by atoms with Gasteiger partial charge in [0.05, 0.1) is 5.41 Å². The van der Waals surface area contributed by atoms with Crippen LogP contribution in [0.1, 0.15) is 35.3 Å². The summed E-state index contributed by atoms with van der Waals surface area (Å²) in [5.41, 5.74) is -1.03. The van der Waals surface area contributed by atoms with E-state index in [0.717, 1.165) is 24.5 Å². The number of carbonyl (C=O) groups excluding carboxylic acids is 2. The number of aromatic nitrogens is 3. The number of carbonyl (C=O) groups is 2. The molecule has 9 nitrogen and oxygen atoms in total. The Labute approximate surface area is 160 Å². The molecular weight excluding hydrogens is 362 g/mol. The highest BCUT2D eigenvalue weighted by molar-refractivity contribution is 5.93. The first-order chi connectivity index (χ1) is 13.5. The fourth-order valence-corrected chi connectivity index (χ4v) is 4.19. The van der Waals surface area contributed by atoms with Crippen LogP contribution in [0.15, 0.2) is 40.2 Å². The summed E-state index contributed by atoms with van der Waals surface area (Å²) in [5.74, 6) is -0.380. The van der Waals surface area contributed by atoms with E-state index in [1.54, 1.807) is 17.3 Å². The van der Waals surface area contributed by atoms with Gasteiger partial charge in [-0.1, -0.05) is 6.07 Å². The van der Waals surface area contributed by atoms with Gasteiger partial charge in [0.15, 0.2) is 0 Å². The lowest BCUT2D eigenvalue weighted by Gasteiger charge is -2.39. The second kappa shape index (κ2) is 7.06. The first kappa shape index (κ1) is 18.1. The monoisotopic (exact) mass is 383 g/mol. The summed E-state index contributed by atoms with van der Waals surface area (Å²) in [4.78, 5) is 60.8. The maximum Gasteiger partial charge on any atom is 0.326 e. The minimum Gasteiger partial charge on any atom is -0.338 e. The molecular formula is C19H21N5O4. The summed E-state index contributed by atoms with van der Waals surface area (Å²) >= 11 is 0. The molecule has 146 valence electrons. The maximum absolute atomic E-state index is 13.2. The van der Waals surface area contributed by atoms with Gasteiger partial charge in [0.25, 0.3) is 11.5 Å². The highest BCUT2D eigenvalue weighted by Crippen LogP contribution is 2.40. The van der Waals surface area contributed by atoms with Crippen molar-refractivity contribution in [3.63, 3.8) is 0 Å². The zero-order chi connectivity index (χ0) is 19.7. The zero-order valence-corrected chi connectivity index (χ0v) is 15.3. The Bertz CT molecular complexity index is 986. The van der Waals surface area contributed by atoms with Gasteiger partial charge in [0, 0.05) is 44.6 Å². The third-order valence-electron chi connectivity index (χ3n) is 5.55. The number of likely N-dealkylation sites (tertiary alicyclic amines) is 2. The molecule has 1 spiro atoms. The largest absolute Gasteiger partial charge is 0.338 e. The molecule has 28 heavy (non-hydrogen) atoms. The number of amides is 2. The average molecular weight is 383 g/mol. The predicted octanol–water partition coefficient (Wildman–Crippen LogP) is 0.113. The van der Waals surface area contributed by atoms with E-state index < -0.39 is 22.6 Å². The van der Waals surface area contributed by atoms with Crippen LogP contribution in [0.3, 0.4) is 0 Å². The topological polar surface area (TPSA) is 119 Å². The lowest BCUT2D eigenvalue weighted by Crippen LogP contribution is -2.50. The van der Waals surface area contributed by atoms with Gasteiger partial charge in [-0.3, -0.25) is 24.4 Å². The number of piperidine rings is 1. The molecule has 2 fully saturated rings. The highest BCUT2D eigenvalue weighted by Gasteiger charge is 2.49. The van der Waals surface area contributed by atoms with Crippen LogP contribution in [-0.4, -0.2) is 56.2 Å². The molecule has 0 radical (unpaired) electrons. The third kappa shape index (κ3) is 3.35. The summed E-state index contributed by atoms with van der Waals surface area (Å²) in [7, 11) is 0. The van der Waals surface area contributed by atoms with E-state index in [-0.39, 0.29) is 11.6 Å². The molecule has 4 rings (SSSR count). The standard InChI is InChI=1S/C19H21N5O4/c25-15-9-14(21-18(28)22-15)16(26)24-8-5-19(12-24)4-2-7-23(17(19)27)11-13-3-1-6-20-10-13/h1,3,6,9-10H,2,4-5,7-8,11-12H2,(H2,21,22,25,28)/t19-/m1/s1. The van der Waals surface area contributed by atoms with Crippen molar-refractivity contribution >= 4 is 11.8 Å². The number of H-pyrrole nitrogens is 2. The summed E-state index contributed by atoms with van der Waals surface area (Å²) in [6, 6.07) is 4.86. The van der Waals surface area contributed by atoms with Crippen LogP contribution in [0.25, 0.3) is 0 Å². The Morgan fingerprint density at radius 3 is 2.79 bits per heavy atom. The number of rotatable bonds is 3. The van der Waals surface area contributed by atoms with Gasteiger partial charge in [0.1, 0.15) is 5.69 Å². The molecule has 2 N–H and O–H groups in total. The first-order valence-electron chi connectivity index (χ1n) is 9.28. The van der Waals surface area contributed by atoms with Crippen molar-refractivity contribution in [1.82, 2.24) is 24.8 Å². The van der Waals surface area contributed by atoms with E-state index in [9.17, 15) is 19.2 Å². The predicted molar refractivity (Wildman–Crippen MR) is 99.5 cm³/mol. The number of nitrogens with one attached hydrogen (secondary N) is 2. The van der Waals surface area contributed by atoms with Crippen molar-refractivity contribution in [2.45, 2.75) is 25.8 Å². The lowest BCUT2D eigenvalue weighted by atomic mass is 9.78. The summed E-state index contributed by atoms with van der Waals surface area (Å²) in [6.07, 6.45) is 5.63. The van der Waals surface area contributed by atoms with Gasteiger partial charge in [0.2, 0.25) is 5.91 Å². The molecule has 9 heteroatoms. The Morgan fingerprint density at radius 1 is 1.18 bits per heavy atom. The molecule has 2 saturated heterocycles. The molecule has 2 amide bonds. The van der Waals surface area contributed by atoms with Gasteiger partial charge in [-0.25, -0.2) is 4.79 Å². The van der Waals surface area contributed by atoms with Gasteiger partial charge in [-0.2, -0.15) is 0 Å². The minimum atomic E-state index is -0.721. The van der Waals surface area contributed by atoms with E-state index in [2.05, 4.69) is 9.97 Å². The van der Waals surface area contributed by atoms with Gasteiger partial charge in [-0.15, -0.1) is 0 Å². The summed E-state index contributed by atoms with van der Waals surface area (Å²) in [5, 5.41) is 0. The van der Waals surface area contributed by atoms with Crippen molar-refractivity contribution in [1.29, 1.82) is 0 Å². The number of hydrogen-bond acceptors (Lipinski definition) is 5. The molecule has 2 aromatic rings. The Kier molecular flexibility index (Phi) is 4.58. The fourth-order valence-electron chi connectivity index (χ4n) is 4.19. The number of hydrogen-bond donors (Lipinski definition) is 2. The molecule has 2 aliphatic rings. The van der Waals surface area contributed by atoms with Crippen molar-refractivity contribution in [3.05, 3.63) is 62.7 Å². The van der Waals surface area contributed by atoms with E-state index in [1.807, 2.05) is 22.0 Å². The molecule has 1 atom stereocenters.